The maximum atomic E-state index is 12.8. The van der Waals surface area contributed by atoms with Crippen molar-refractivity contribution in [3.05, 3.63) is 17.2 Å². The number of carbonyl (C=O) groups excluding carboxylic acids is 2. The fourth-order valence-corrected chi connectivity index (χ4v) is 3.12. The first kappa shape index (κ1) is 16.0. The molecule has 1 aromatic rings. The van der Waals surface area contributed by atoms with E-state index in [1.165, 1.54) is 0 Å². The minimum Gasteiger partial charge on any atom is -0.378 e. The van der Waals surface area contributed by atoms with E-state index < -0.39 is 0 Å². The number of hydrogen-bond acceptors (Lipinski definition) is 4. The molecule has 0 bridgehead atoms. The first-order valence-corrected chi connectivity index (χ1v) is 8.47. The zero-order valence-corrected chi connectivity index (χ0v) is 13.6. The van der Waals surface area contributed by atoms with E-state index in [4.69, 9.17) is 4.74 Å². The van der Waals surface area contributed by atoms with Crippen LogP contribution < -0.4 is 5.32 Å². The van der Waals surface area contributed by atoms with Crippen molar-refractivity contribution in [3.63, 3.8) is 0 Å². The number of rotatable bonds is 4. The van der Waals surface area contributed by atoms with E-state index in [0.29, 0.717) is 44.4 Å². The molecule has 0 atom stereocenters. The number of nitrogens with one attached hydrogen (secondary N) is 1. The molecule has 23 heavy (non-hydrogen) atoms. The van der Waals surface area contributed by atoms with Gasteiger partial charge in [-0.3, -0.25) is 9.59 Å². The van der Waals surface area contributed by atoms with Crippen LogP contribution in [-0.4, -0.2) is 59.1 Å². The Morgan fingerprint density at radius 3 is 2.74 bits per heavy atom. The number of aromatic nitrogens is 2. The Balaban J connectivity index is 1.89. The molecule has 1 fully saturated rings. The standard InChI is InChI=1S/C16H24N4O3/c1-2-6-17-15(21)14-18-13(12-5-3-4-7-20(12)14)16(22)19-8-10-23-11-9-19/h2-11H2,1H3,(H,17,21). The van der Waals surface area contributed by atoms with Crippen molar-refractivity contribution in [3.8, 4) is 0 Å². The topological polar surface area (TPSA) is 76.5 Å². The van der Waals surface area contributed by atoms with Crippen molar-refractivity contribution in [1.29, 1.82) is 0 Å². The van der Waals surface area contributed by atoms with Crippen molar-refractivity contribution in [2.24, 2.45) is 0 Å². The predicted molar refractivity (Wildman–Crippen MR) is 84.5 cm³/mol. The number of nitrogens with zero attached hydrogens (tertiary/aromatic N) is 3. The van der Waals surface area contributed by atoms with Gasteiger partial charge in [0.2, 0.25) is 0 Å². The van der Waals surface area contributed by atoms with Crippen LogP contribution in [0.1, 0.15) is 53.0 Å². The molecule has 3 rings (SSSR count). The molecule has 0 aliphatic carbocycles. The summed E-state index contributed by atoms with van der Waals surface area (Å²) in [6, 6.07) is 0. The summed E-state index contributed by atoms with van der Waals surface area (Å²) in [6.45, 7) is 5.68. The lowest BCUT2D eigenvalue weighted by Gasteiger charge is -2.26. The van der Waals surface area contributed by atoms with E-state index in [-0.39, 0.29) is 11.8 Å². The number of hydrogen-bond donors (Lipinski definition) is 1. The molecule has 0 aromatic carbocycles. The summed E-state index contributed by atoms with van der Waals surface area (Å²) in [7, 11) is 0. The summed E-state index contributed by atoms with van der Waals surface area (Å²) in [4.78, 5) is 31.3. The minimum atomic E-state index is -0.184. The molecule has 0 saturated carbocycles. The van der Waals surface area contributed by atoms with Crippen molar-refractivity contribution in [1.82, 2.24) is 19.8 Å². The predicted octanol–water partition coefficient (Wildman–Crippen LogP) is 0.832. The van der Waals surface area contributed by atoms with Gasteiger partial charge in [0.1, 0.15) is 5.69 Å². The number of imidazole rings is 1. The molecule has 0 spiro atoms. The van der Waals surface area contributed by atoms with Crippen molar-refractivity contribution in [2.75, 3.05) is 32.8 Å². The molecule has 7 heteroatoms. The van der Waals surface area contributed by atoms with Crippen molar-refractivity contribution >= 4 is 11.8 Å². The fourth-order valence-electron chi connectivity index (χ4n) is 3.12. The van der Waals surface area contributed by atoms with Crippen LogP contribution in [0.25, 0.3) is 0 Å². The van der Waals surface area contributed by atoms with E-state index in [9.17, 15) is 9.59 Å². The van der Waals surface area contributed by atoms with Gasteiger partial charge >= 0.3 is 0 Å². The summed E-state index contributed by atoms with van der Waals surface area (Å²) < 4.78 is 7.24. The molecular weight excluding hydrogens is 296 g/mol. The van der Waals surface area contributed by atoms with Crippen LogP contribution in [0.15, 0.2) is 0 Å². The van der Waals surface area contributed by atoms with E-state index in [2.05, 4.69) is 10.3 Å². The van der Waals surface area contributed by atoms with E-state index >= 15 is 0 Å². The molecule has 1 saturated heterocycles. The largest absolute Gasteiger partial charge is 0.378 e. The smallest absolute Gasteiger partial charge is 0.287 e. The van der Waals surface area contributed by atoms with Crippen LogP contribution in [0.5, 0.6) is 0 Å². The SMILES string of the molecule is CCCNC(=O)c1nc(C(=O)N2CCOCC2)c2n1CCCC2. The van der Waals surface area contributed by atoms with Gasteiger partial charge in [0.25, 0.3) is 11.8 Å². The second-order valence-corrected chi connectivity index (χ2v) is 6.00. The van der Waals surface area contributed by atoms with Gasteiger partial charge in [0.15, 0.2) is 5.82 Å². The molecule has 2 amide bonds. The third kappa shape index (κ3) is 3.24. The van der Waals surface area contributed by atoms with Crippen molar-refractivity contribution < 1.29 is 14.3 Å². The zero-order valence-electron chi connectivity index (χ0n) is 13.6. The van der Waals surface area contributed by atoms with Gasteiger partial charge in [-0.05, 0) is 25.7 Å². The number of carbonyl (C=O) groups is 2. The fraction of sp³-hybridized carbons (Fsp3) is 0.688. The van der Waals surface area contributed by atoms with Crippen molar-refractivity contribution in [2.45, 2.75) is 39.2 Å². The van der Waals surface area contributed by atoms with E-state index in [0.717, 1.165) is 37.9 Å². The Labute approximate surface area is 136 Å². The third-order valence-electron chi connectivity index (χ3n) is 4.36. The monoisotopic (exact) mass is 320 g/mol. The van der Waals surface area contributed by atoms with Crippen LogP contribution in [0.4, 0.5) is 0 Å². The summed E-state index contributed by atoms with van der Waals surface area (Å²) in [6.07, 6.45) is 3.73. The Bertz CT molecular complexity index is 590. The quantitative estimate of drug-likeness (QED) is 0.891. The van der Waals surface area contributed by atoms with Crippen LogP contribution in [0, 0.1) is 0 Å². The molecule has 2 aliphatic rings. The lowest BCUT2D eigenvalue weighted by molar-refractivity contribution is 0.0298. The summed E-state index contributed by atoms with van der Waals surface area (Å²) in [5.41, 5.74) is 1.36. The van der Waals surface area contributed by atoms with Crippen LogP contribution in [0.3, 0.4) is 0 Å². The second-order valence-electron chi connectivity index (χ2n) is 6.00. The summed E-state index contributed by atoms with van der Waals surface area (Å²) >= 11 is 0. The third-order valence-corrected chi connectivity index (χ3v) is 4.36. The van der Waals surface area contributed by atoms with Gasteiger partial charge < -0.3 is 19.5 Å². The van der Waals surface area contributed by atoms with E-state index in [1.807, 2.05) is 11.5 Å². The first-order valence-electron chi connectivity index (χ1n) is 8.47. The molecule has 126 valence electrons. The minimum absolute atomic E-state index is 0.0755. The Morgan fingerprint density at radius 2 is 2.00 bits per heavy atom. The Kier molecular flexibility index (Phi) is 4.95. The lowest BCUT2D eigenvalue weighted by Crippen LogP contribution is -2.41. The number of amides is 2. The van der Waals surface area contributed by atoms with Crippen LogP contribution in [-0.2, 0) is 17.7 Å². The molecule has 2 aliphatic heterocycles. The highest BCUT2D eigenvalue weighted by Crippen LogP contribution is 2.22. The Hall–Kier alpha value is -1.89. The molecule has 0 radical (unpaired) electrons. The van der Waals surface area contributed by atoms with Gasteiger partial charge in [0, 0.05) is 26.2 Å². The average Bonchev–Trinajstić information content (AvgIpc) is 2.99. The highest BCUT2D eigenvalue weighted by atomic mass is 16.5. The number of ether oxygens (including phenoxy) is 1. The van der Waals surface area contributed by atoms with Gasteiger partial charge in [0.05, 0.1) is 18.9 Å². The van der Waals surface area contributed by atoms with Gasteiger partial charge in [-0.1, -0.05) is 6.92 Å². The summed E-state index contributed by atoms with van der Waals surface area (Å²) in [5, 5.41) is 2.86. The lowest BCUT2D eigenvalue weighted by atomic mass is 10.1. The number of morpholine rings is 1. The highest BCUT2D eigenvalue weighted by molar-refractivity contribution is 5.97. The van der Waals surface area contributed by atoms with E-state index in [1.54, 1.807) is 4.90 Å². The zero-order chi connectivity index (χ0) is 16.2. The van der Waals surface area contributed by atoms with Gasteiger partial charge in [-0.2, -0.15) is 0 Å². The molecule has 0 unspecified atom stereocenters. The molecule has 1 N–H and O–H groups in total. The Morgan fingerprint density at radius 1 is 1.22 bits per heavy atom. The second kappa shape index (κ2) is 7.12. The van der Waals surface area contributed by atoms with Crippen LogP contribution >= 0.6 is 0 Å². The van der Waals surface area contributed by atoms with Gasteiger partial charge in [-0.25, -0.2) is 4.98 Å². The molecule has 7 nitrogen and oxygen atoms in total. The highest BCUT2D eigenvalue weighted by Gasteiger charge is 2.30. The molecule has 3 heterocycles. The average molecular weight is 320 g/mol. The van der Waals surface area contributed by atoms with Crippen LogP contribution in [0.2, 0.25) is 0 Å². The normalized spacial score (nSPS) is 17.7. The maximum absolute atomic E-state index is 12.8. The summed E-state index contributed by atoms with van der Waals surface area (Å²) in [5.74, 6) is 0.120. The molecular formula is C16H24N4O3. The first-order chi connectivity index (χ1) is 11.2. The molecule has 1 aromatic heterocycles. The maximum Gasteiger partial charge on any atom is 0.287 e. The number of fused-ring (bicyclic) bond motifs is 1. The van der Waals surface area contributed by atoms with Gasteiger partial charge in [-0.15, -0.1) is 0 Å².